The van der Waals surface area contributed by atoms with E-state index in [2.05, 4.69) is 47.4 Å². The predicted octanol–water partition coefficient (Wildman–Crippen LogP) is 3.81. The van der Waals surface area contributed by atoms with Crippen LogP contribution in [0.5, 0.6) is 5.75 Å². The molecule has 0 aromatic heterocycles. The highest BCUT2D eigenvalue weighted by atomic mass is 16.5. The molecule has 4 rings (SSSR count). The summed E-state index contributed by atoms with van der Waals surface area (Å²) in [6.45, 7) is 4.25. The number of benzene rings is 3. The normalized spacial score (nSPS) is 15.1. The zero-order valence-corrected chi connectivity index (χ0v) is 15.6. The van der Waals surface area contributed by atoms with Gasteiger partial charge in [0.15, 0.2) is 0 Å². The molecule has 0 unspecified atom stereocenters. The van der Waals surface area contributed by atoms with Crippen molar-refractivity contribution >= 4 is 16.7 Å². The van der Waals surface area contributed by atoms with Crippen LogP contribution in [0.25, 0.3) is 10.8 Å². The van der Waals surface area contributed by atoms with E-state index in [9.17, 15) is 4.79 Å². The number of nitrogens with zero attached hydrogens (tertiary/aromatic N) is 2. The molecule has 1 aliphatic heterocycles. The first-order valence-corrected chi connectivity index (χ1v) is 9.36. The van der Waals surface area contributed by atoms with Crippen LogP contribution in [-0.4, -0.2) is 49.0 Å². The lowest BCUT2D eigenvalue weighted by molar-refractivity contribution is 0.0628. The molecule has 27 heavy (non-hydrogen) atoms. The molecule has 1 saturated heterocycles. The lowest BCUT2D eigenvalue weighted by atomic mass is 10.1. The van der Waals surface area contributed by atoms with Gasteiger partial charge in [0.2, 0.25) is 0 Å². The van der Waals surface area contributed by atoms with E-state index in [1.54, 1.807) is 7.11 Å². The number of carbonyl (C=O) groups is 1. The minimum Gasteiger partial charge on any atom is -0.497 e. The van der Waals surface area contributed by atoms with Gasteiger partial charge in [-0.25, -0.2) is 0 Å². The molecular weight excluding hydrogens is 336 g/mol. The Morgan fingerprint density at radius 2 is 1.59 bits per heavy atom. The van der Waals surface area contributed by atoms with Crippen LogP contribution in [0.4, 0.5) is 0 Å². The van der Waals surface area contributed by atoms with E-state index >= 15 is 0 Å². The number of carbonyl (C=O) groups excluding carboxylic acids is 1. The molecule has 1 aliphatic rings. The Hall–Kier alpha value is -2.85. The van der Waals surface area contributed by atoms with E-state index in [0.717, 1.165) is 44.0 Å². The summed E-state index contributed by atoms with van der Waals surface area (Å²) in [4.78, 5) is 17.0. The van der Waals surface area contributed by atoms with Crippen LogP contribution in [0.2, 0.25) is 0 Å². The molecule has 0 radical (unpaired) electrons. The van der Waals surface area contributed by atoms with Gasteiger partial charge >= 0.3 is 0 Å². The minimum atomic E-state index is 0.100. The van der Waals surface area contributed by atoms with Crippen molar-refractivity contribution in [1.29, 1.82) is 0 Å². The molecule has 3 aromatic rings. The second-order valence-corrected chi connectivity index (χ2v) is 6.98. The summed E-state index contributed by atoms with van der Waals surface area (Å²) in [5.41, 5.74) is 2.04. The highest BCUT2D eigenvalue weighted by Gasteiger charge is 2.22. The lowest BCUT2D eigenvalue weighted by Crippen LogP contribution is -2.48. The monoisotopic (exact) mass is 360 g/mol. The fraction of sp³-hybridized carbons (Fsp3) is 0.261. The van der Waals surface area contributed by atoms with Gasteiger partial charge in [-0.1, -0.05) is 36.4 Å². The van der Waals surface area contributed by atoms with Gasteiger partial charge in [0.1, 0.15) is 5.75 Å². The first kappa shape index (κ1) is 17.6. The Labute approximate surface area is 160 Å². The molecule has 1 heterocycles. The summed E-state index contributed by atoms with van der Waals surface area (Å²) >= 11 is 0. The molecule has 4 nitrogen and oxygen atoms in total. The van der Waals surface area contributed by atoms with Crippen LogP contribution in [0.3, 0.4) is 0 Å². The Kier molecular flexibility index (Phi) is 5.07. The highest BCUT2D eigenvalue weighted by Crippen LogP contribution is 2.18. The molecule has 138 valence electrons. The van der Waals surface area contributed by atoms with Gasteiger partial charge in [0.25, 0.3) is 5.91 Å². The van der Waals surface area contributed by atoms with Gasteiger partial charge in [-0.15, -0.1) is 0 Å². The van der Waals surface area contributed by atoms with Gasteiger partial charge in [-0.2, -0.15) is 0 Å². The summed E-state index contributed by atoms with van der Waals surface area (Å²) < 4.78 is 5.16. The molecule has 0 spiro atoms. The third kappa shape index (κ3) is 3.96. The average Bonchev–Trinajstić information content (AvgIpc) is 2.74. The van der Waals surface area contributed by atoms with Crippen molar-refractivity contribution in [3.63, 3.8) is 0 Å². The van der Waals surface area contributed by atoms with E-state index in [0.29, 0.717) is 0 Å². The van der Waals surface area contributed by atoms with E-state index in [1.165, 1.54) is 16.3 Å². The lowest BCUT2D eigenvalue weighted by Gasteiger charge is -2.34. The Morgan fingerprint density at radius 1 is 0.889 bits per heavy atom. The Morgan fingerprint density at radius 3 is 2.30 bits per heavy atom. The molecule has 0 bridgehead atoms. The molecule has 0 N–H and O–H groups in total. The molecule has 0 aliphatic carbocycles. The summed E-state index contributed by atoms with van der Waals surface area (Å²) in [6, 6.07) is 22.5. The second-order valence-electron chi connectivity index (χ2n) is 6.98. The average molecular weight is 360 g/mol. The third-order valence-electron chi connectivity index (χ3n) is 5.22. The van der Waals surface area contributed by atoms with Crippen molar-refractivity contribution in [3.05, 3.63) is 77.9 Å². The topological polar surface area (TPSA) is 32.8 Å². The van der Waals surface area contributed by atoms with Gasteiger partial charge in [0, 0.05) is 38.3 Å². The highest BCUT2D eigenvalue weighted by molar-refractivity contribution is 5.94. The van der Waals surface area contributed by atoms with Gasteiger partial charge < -0.3 is 9.64 Å². The zero-order valence-electron chi connectivity index (χ0n) is 15.6. The largest absolute Gasteiger partial charge is 0.497 e. The number of ether oxygens (including phenoxy) is 1. The van der Waals surface area contributed by atoms with Crippen molar-refractivity contribution in [2.75, 3.05) is 33.3 Å². The predicted molar refractivity (Wildman–Crippen MR) is 108 cm³/mol. The fourth-order valence-corrected chi connectivity index (χ4v) is 3.62. The van der Waals surface area contributed by atoms with Crippen LogP contribution in [0, 0.1) is 0 Å². The number of methoxy groups -OCH3 is 1. The van der Waals surface area contributed by atoms with Gasteiger partial charge in [-0.3, -0.25) is 9.69 Å². The quantitative estimate of drug-likeness (QED) is 0.709. The standard InChI is InChI=1S/C23H24N2O2/c1-27-22-10-8-20(9-11-22)23(26)25-14-12-24(13-15-25)17-18-6-7-19-4-2-3-5-21(19)16-18/h2-11,16H,12-15,17H2,1H3. The van der Waals surface area contributed by atoms with E-state index in [4.69, 9.17) is 4.74 Å². The molecule has 1 fully saturated rings. The van der Waals surface area contributed by atoms with Crippen LogP contribution < -0.4 is 4.74 Å². The Bertz CT molecular complexity index is 929. The Balaban J connectivity index is 1.35. The number of rotatable bonds is 4. The van der Waals surface area contributed by atoms with Gasteiger partial charge in [0.05, 0.1) is 7.11 Å². The number of hydrogen-bond donors (Lipinski definition) is 0. The molecular formula is C23H24N2O2. The van der Waals surface area contributed by atoms with Crippen LogP contribution in [0.15, 0.2) is 66.7 Å². The summed E-state index contributed by atoms with van der Waals surface area (Å²) in [7, 11) is 1.63. The number of amides is 1. The van der Waals surface area contributed by atoms with E-state index in [-0.39, 0.29) is 5.91 Å². The SMILES string of the molecule is COc1ccc(C(=O)N2CCN(Cc3ccc4ccccc4c3)CC2)cc1. The van der Waals surface area contributed by atoms with Crippen molar-refractivity contribution in [1.82, 2.24) is 9.80 Å². The maximum atomic E-state index is 12.7. The van der Waals surface area contributed by atoms with Crippen molar-refractivity contribution in [3.8, 4) is 5.75 Å². The van der Waals surface area contributed by atoms with Crippen LogP contribution >= 0.6 is 0 Å². The summed E-state index contributed by atoms with van der Waals surface area (Å²) in [6.07, 6.45) is 0. The van der Waals surface area contributed by atoms with Crippen molar-refractivity contribution in [2.24, 2.45) is 0 Å². The summed E-state index contributed by atoms with van der Waals surface area (Å²) in [5, 5.41) is 2.56. The first-order chi connectivity index (χ1) is 13.2. The number of hydrogen-bond acceptors (Lipinski definition) is 3. The van der Waals surface area contributed by atoms with Gasteiger partial charge in [-0.05, 0) is 46.7 Å². The minimum absolute atomic E-state index is 0.100. The summed E-state index contributed by atoms with van der Waals surface area (Å²) in [5.74, 6) is 0.870. The van der Waals surface area contributed by atoms with Crippen molar-refractivity contribution < 1.29 is 9.53 Å². The van der Waals surface area contributed by atoms with Crippen LogP contribution in [-0.2, 0) is 6.54 Å². The number of piperazine rings is 1. The van der Waals surface area contributed by atoms with E-state index in [1.807, 2.05) is 29.2 Å². The third-order valence-corrected chi connectivity index (χ3v) is 5.22. The first-order valence-electron chi connectivity index (χ1n) is 9.36. The number of fused-ring (bicyclic) bond motifs is 1. The fourth-order valence-electron chi connectivity index (χ4n) is 3.62. The molecule has 0 saturated carbocycles. The molecule has 3 aromatic carbocycles. The maximum Gasteiger partial charge on any atom is 0.253 e. The zero-order chi connectivity index (χ0) is 18.6. The maximum absolute atomic E-state index is 12.7. The second kappa shape index (κ2) is 7.80. The van der Waals surface area contributed by atoms with Crippen molar-refractivity contribution in [2.45, 2.75) is 6.54 Å². The van der Waals surface area contributed by atoms with E-state index < -0.39 is 0 Å². The molecule has 0 atom stereocenters. The molecule has 1 amide bonds. The smallest absolute Gasteiger partial charge is 0.253 e. The van der Waals surface area contributed by atoms with Crippen LogP contribution in [0.1, 0.15) is 15.9 Å². The molecule has 4 heteroatoms.